The minimum atomic E-state index is -0.663. The lowest BCUT2D eigenvalue weighted by Crippen LogP contribution is -2.58. The Hall–Kier alpha value is -0.600. The number of rotatable bonds is 0. The molecular formula is C19H28O2. The van der Waals surface area contributed by atoms with E-state index in [1.165, 1.54) is 32.1 Å². The Kier molecular flexibility index (Phi) is 2.97. The summed E-state index contributed by atoms with van der Waals surface area (Å²) < 4.78 is 0. The Morgan fingerprint density at radius 1 is 1.10 bits per heavy atom. The fraction of sp³-hybridized carbons (Fsp3) is 0.789. The van der Waals surface area contributed by atoms with Crippen LogP contribution in [-0.4, -0.2) is 22.4 Å². The average Bonchev–Trinajstić information content (AvgIpc) is 2.86. The van der Waals surface area contributed by atoms with Crippen molar-refractivity contribution in [3.8, 4) is 0 Å². The van der Waals surface area contributed by atoms with Crippen LogP contribution in [0.15, 0.2) is 23.8 Å². The molecule has 4 aliphatic carbocycles. The summed E-state index contributed by atoms with van der Waals surface area (Å²) in [7, 11) is 0. The smallest absolute Gasteiger partial charge is 0.102 e. The van der Waals surface area contributed by atoms with E-state index in [1.807, 2.05) is 0 Å². The van der Waals surface area contributed by atoms with E-state index in [-0.39, 0.29) is 11.3 Å². The van der Waals surface area contributed by atoms with Crippen LogP contribution in [0.5, 0.6) is 0 Å². The van der Waals surface area contributed by atoms with Crippen molar-refractivity contribution in [1.82, 2.24) is 0 Å². The van der Waals surface area contributed by atoms with Gasteiger partial charge in [0.05, 0.1) is 6.10 Å². The van der Waals surface area contributed by atoms with Gasteiger partial charge in [0.25, 0.3) is 0 Å². The van der Waals surface area contributed by atoms with Gasteiger partial charge >= 0.3 is 0 Å². The first kappa shape index (κ1) is 14.0. The third-order valence-corrected chi connectivity index (χ3v) is 7.48. The van der Waals surface area contributed by atoms with E-state index in [9.17, 15) is 10.2 Å². The summed E-state index contributed by atoms with van der Waals surface area (Å²) in [6, 6.07) is 0. The molecule has 21 heavy (non-hydrogen) atoms. The van der Waals surface area contributed by atoms with E-state index < -0.39 is 12.2 Å². The summed E-state index contributed by atoms with van der Waals surface area (Å²) in [5.74, 6) is 1.36. The highest BCUT2D eigenvalue weighted by Crippen LogP contribution is 2.64. The van der Waals surface area contributed by atoms with Gasteiger partial charge in [-0.2, -0.15) is 0 Å². The van der Waals surface area contributed by atoms with E-state index in [2.05, 4.69) is 32.1 Å². The fourth-order valence-corrected chi connectivity index (χ4v) is 6.36. The Balaban J connectivity index is 1.79. The number of hydrogen-bond acceptors (Lipinski definition) is 2. The van der Waals surface area contributed by atoms with E-state index in [0.29, 0.717) is 17.3 Å². The third-order valence-electron chi connectivity index (χ3n) is 7.48. The second-order valence-corrected chi connectivity index (χ2v) is 8.39. The van der Waals surface area contributed by atoms with Gasteiger partial charge in [0.2, 0.25) is 0 Å². The molecule has 0 spiro atoms. The van der Waals surface area contributed by atoms with Crippen LogP contribution in [0, 0.1) is 28.6 Å². The zero-order valence-corrected chi connectivity index (χ0v) is 13.3. The Bertz CT molecular complexity index is 508. The normalized spacial score (nSPS) is 55.4. The Morgan fingerprint density at radius 2 is 1.90 bits per heavy atom. The number of allylic oxidation sites excluding steroid dienone is 3. The highest BCUT2D eigenvalue weighted by Gasteiger charge is 2.60. The summed E-state index contributed by atoms with van der Waals surface area (Å²) in [4.78, 5) is 0. The summed E-state index contributed by atoms with van der Waals surface area (Å²) in [6.07, 6.45) is 12.7. The van der Waals surface area contributed by atoms with Gasteiger partial charge < -0.3 is 10.2 Å². The maximum atomic E-state index is 10.9. The molecule has 3 fully saturated rings. The lowest BCUT2D eigenvalue weighted by atomic mass is 9.47. The van der Waals surface area contributed by atoms with Crippen molar-refractivity contribution in [1.29, 1.82) is 0 Å². The molecule has 2 heteroatoms. The van der Waals surface area contributed by atoms with E-state index in [0.717, 1.165) is 12.0 Å². The maximum Gasteiger partial charge on any atom is 0.102 e. The molecule has 2 N–H and O–H groups in total. The van der Waals surface area contributed by atoms with Crippen LogP contribution in [0.25, 0.3) is 0 Å². The Labute approximate surface area is 127 Å². The van der Waals surface area contributed by atoms with E-state index in [1.54, 1.807) is 0 Å². The second-order valence-electron chi connectivity index (χ2n) is 8.39. The molecule has 0 aromatic heterocycles. The van der Waals surface area contributed by atoms with Gasteiger partial charge in [0.15, 0.2) is 0 Å². The first-order valence-corrected chi connectivity index (χ1v) is 8.72. The number of aliphatic hydroxyl groups is 2. The molecule has 0 aromatic rings. The monoisotopic (exact) mass is 288 g/mol. The highest BCUT2D eigenvalue weighted by atomic mass is 16.3. The van der Waals surface area contributed by atoms with Gasteiger partial charge in [-0.15, -0.1) is 0 Å². The lowest BCUT2D eigenvalue weighted by molar-refractivity contribution is -0.129. The van der Waals surface area contributed by atoms with Crippen LogP contribution in [-0.2, 0) is 0 Å². The van der Waals surface area contributed by atoms with Gasteiger partial charge in [-0.3, -0.25) is 0 Å². The molecule has 0 unspecified atom stereocenters. The maximum absolute atomic E-state index is 10.9. The lowest BCUT2D eigenvalue weighted by Gasteiger charge is -2.59. The molecule has 0 bridgehead atoms. The topological polar surface area (TPSA) is 40.5 Å². The molecule has 0 saturated heterocycles. The largest absolute Gasteiger partial charge is 0.390 e. The van der Waals surface area contributed by atoms with Gasteiger partial charge in [-0.1, -0.05) is 38.5 Å². The summed E-state index contributed by atoms with van der Waals surface area (Å²) in [5.41, 5.74) is 1.45. The van der Waals surface area contributed by atoms with Crippen molar-refractivity contribution in [3.63, 3.8) is 0 Å². The van der Waals surface area contributed by atoms with Crippen molar-refractivity contribution in [2.75, 3.05) is 0 Å². The fourth-order valence-electron chi connectivity index (χ4n) is 6.36. The van der Waals surface area contributed by atoms with Gasteiger partial charge in [-0.25, -0.2) is 0 Å². The van der Waals surface area contributed by atoms with Crippen LogP contribution in [0.1, 0.15) is 52.4 Å². The van der Waals surface area contributed by atoms with Crippen LogP contribution < -0.4 is 0 Å². The predicted molar refractivity (Wildman–Crippen MR) is 83.6 cm³/mol. The Morgan fingerprint density at radius 3 is 2.71 bits per heavy atom. The molecular weight excluding hydrogens is 260 g/mol. The van der Waals surface area contributed by atoms with Gasteiger partial charge in [0, 0.05) is 5.41 Å². The predicted octanol–water partition coefficient (Wildman–Crippen LogP) is 3.45. The summed E-state index contributed by atoms with van der Waals surface area (Å²) in [6.45, 7) is 4.71. The zero-order chi connectivity index (χ0) is 14.8. The standard InChI is InChI=1S/C19H28O2/c1-18-9-5-7-12(18)15-13(8-11-18)19(2)10-4-3-6-14(19)16(20)17(15)21/h4,6,10,12-13,15-17,20-21H,3,5,7-9,11H2,1-2H3/t12-,13-,15-,16-,17+,18-,19+/m0/s1. The molecule has 2 nitrogen and oxygen atoms in total. The molecule has 7 atom stereocenters. The zero-order valence-electron chi connectivity index (χ0n) is 13.3. The first-order valence-electron chi connectivity index (χ1n) is 8.72. The van der Waals surface area contributed by atoms with Crippen molar-refractivity contribution < 1.29 is 10.2 Å². The number of fused-ring (bicyclic) bond motifs is 5. The summed E-state index contributed by atoms with van der Waals surface area (Å²) in [5, 5.41) is 21.6. The quantitative estimate of drug-likeness (QED) is 0.670. The number of hydrogen-bond donors (Lipinski definition) is 2. The molecule has 3 saturated carbocycles. The van der Waals surface area contributed by atoms with Crippen molar-refractivity contribution >= 4 is 0 Å². The SMILES string of the molecule is C[C@@]12CCC[C@H]1[C@@H]1[C@@H](O)[C@@H](O)C3=CCC=C[C@]3(C)[C@H]1CC2. The second kappa shape index (κ2) is 4.45. The van der Waals surface area contributed by atoms with Crippen LogP contribution in [0.4, 0.5) is 0 Å². The van der Waals surface area contributed by atoms with Crippen molar-refractivity contribution in [2.24, 2.45) is 28.6 Å². The minimum Gasteiger partial charge on any atom is -0.390 e. The van der Waals surface area contributed by atoms with E-state index >= 15 is 0 Å². The van der Waals surface area contributed by atoms with Crippen LogP contribution >= 0.6 is 0 Å². The average molecular weight is 288 g/mol. The third kappa shape index (κ3) is 1.72. The van der Waals surface area contributed by atoms with Crippen molar-refractivity contribution in [3.05, 3.63) is 23.8 Å². The van der Waals surface area contributed by atoms with Crippen LogP contribution in [0.2, 0.25) is 0 Å². The molecule has 0 aromatic carbocycles. The molecule has 116 valence electrons. The molecule has 0 amide bonds. The highest BCUT2D eigenvalue weighted by molar-refractivity contribution is 5.35. The molecule has 4 aliphatic rings. The van der Waals surface area contributed by atoms with Gasteiger partial charge in [0.1, 0.15) is 6.10 Å². The van der Waals surface area contributed by atoms with Crippen LogP contribution in [0.3, 0.4) is 0 Å². The molecule has 4 rings (SSSR count). The molecule has 0 radical (unpaired) electrons. The van der Waals surface area contributed by atoms with Gasteiger partial charge in [-0.05, 0) is 60.8 Å². The summed E-state index contributed by atoms with van der Waals surface area (Å²) >= 11 is 0. The first-order chi connectivity index (χ1) is 9.97. The van der Waals surface area contributed by atoms with Crippen molar-refractivity contribution in [2.45, 2.75) is 64.6 Å². The molecule has 0 aliphatic heterocycles. The molecule has 0 heterocycles. The van der Waals surface area contributed by atoms with E-state index in [4.69, 9.17) is 0 Å². The number of aliphatic hydroxyl groups excluding tert-OH is 2. The minimum absolute atomic E-state index is 0.0362.